The number of aromatic nitrogens is 3. The van der Waals surface area contributed by atoms with E-state index < -0.39 is 0 Å². The predicted octanol–water partition coefficient (Wildman–Crippen LogP) is 3.94. The summed E-state index contributed by atoms with van der Waals surface area (Å²) < 4.78 is 8.19. The summed E-state index contributed by atoms with van der Waals surface area (Å²) in [7, 11) is 0. The van der Waals surface area contributed by atoms with Crippen molar-refractivity contribution in [1.82, 2.24) is 14.4 Å². The molecule has 0 aliphatic heterocycles. The van der Waals surface area contributed by atoms with Crippen LogP contribution in [0, 0.1) is 0 Å². The second-order valence-electron chi connectivity index (χ2n) is 3.56. The van der Waals surface area contributed by atoms with Gasteiger partial charge in [0.25, 0.3) is 5.88 Å². The van der Waals surface area contributed by atoms with Gasteiger partial charge in [-0.1, -0.05) is 23.7 Å². The predicted molar refractivity (Wildman–Crippen MR) is 72.2 cm³/mol. The number of hydrogen-bond acceptors (Lipinski definition) is 3. The summed E-state index contributed by atoms with van der Waals surface area (Å²) in [4.78, 5) is 8.46. The molecule has 0 fully saturated rings. The van der Waals surface area contributed by atoms with Crippen molar-refractivity contribution in [2.75, 3.05) is 0 Å². The Kier molecular flexibility index (Phi) is 2.93. The Hall–Kier alpha value is -1.59. The number of rotatable bonds is 2. The molecule has 1 aromatic carbocycles. The molecule has 4 nitrogen and oxygen atoms in total. The van der Waals surface area contributed by atoms with Gasteiger partial charge in [0.1, 0.15) is 10.4 Å². The van der Waals surface area contributed by atoms with E-state index in [9.17, 15) is 0 Å². The van der Waals surface area contributed by atoms with Gasteiger partial charge >= 0.3 is 0 Å². The molecule has 0 unspecified atom stereocenters. The fourth-order valence-electron chi connectivity index (χ4n) is 1.57. The Balaban J connectivity index is 2.10. The lowest BCUT2D eigenvalue weighted by Crippen LogP contribution is -1.95. The molecular formula is C12H7BrClN3O. The van der Waals surface area contributed by atoms with Crippen LogP contribution in [0.2, 0.25) is 5.02 Å². The molecule has 0 amide bonds. The molecule has 0 N–H and O–H groups in total. The van der Waals surface area contributed by atoms with E-state index >= 15 is 0 Å². The van der Waals surface area contributed by atoms with Crippen LogP contribution in [0.5, 0.6) is 11.6 Å². The Morgan fingerprint density at radius 2 is 2.11 bits per heavy atom. The molecule has 0 saturated heterocycles. The van der Waals surface area contributed by atoms with Crippen molar-refractivity contribution in [3.8, 4) is 11.6 Å². The van der Waals surface area contributed by atoms with Crippen LogP contribution in [0.15, 0.2) is 47.5 Å². The SMILES string of the molecule is Clc1ccccc1Oc1nc(Br)cn2ccnc12. The van der Waals surface area contributed by atoms with Crippen molar-refractivity contribution in [3.05, 3.63) is 52.5 Å². The van der Waals surface area contributed by atoms with Crippen molar-refractivity contribution >= 4 is 33.2 Å². The molecule has 3 rings (SSSR count). The van der Waals surface area contributed by atoms with Gasteiger partial charge in [-0.25, -0.2) is 9.97 Å². The van der Waals surface area contributed by atoms with Gasteiger partial charge in [0.2, 0.25) is 5.65 Å². The second-order valence-corrected chi connectivity index (χ2v) is 4.78. The molecule has 0 bridgehead atoms. The first-order valence-corrected chi connectivity index (χ1v) is 6.33. The van der Waals surface area contributed by atoms with Crippen LogP contribution in [0.1, 0.15) is 0 Å². The maximum Gasteiger partial charge on any atom is 0.265 e. The number of halogens is 2. The molecule has 0 aliphatic carbocycles. The van der Waals surface area contributed by atoms with Gasteiger partial charge in [-0.05, 0) is 28.1 Å². The molecule has 0 atom stereocenters. The first-order valence-electron chi connectivity index (χ1n) is 5.15. The first kappa shape index (κ1) is 11.5. The lowest BCUT2D eigenvalue weighted by Gasteiger charge is -2.07. The maximum atomic E-state index is 6.05. The van der Waals surface area contributed by atoms with Crippen LogP contribution in [0.4, 0.5) is 0 Å². The highest BCUT2D eigenvalue weighted by Gasteiger charge is 2.10. The van der Waals surface area contributed by atoms with Gasteiger partial charge in [0.05, 0.1) is 5.02 Å². The van der Waals surface area contributed by atoms with E-state index in [1.165, 1.54) is 0 Å². The highest BCUT2D eigenvalue weighted by molar-refractivity contribution is 9.10. The van der Waals surface area contributed by atoms with Gasteiger partial charge < -0.3 is 4.74 Å². The summed E-state index contributed by atoms with van der Waals surface area (Å²) in [6, 6.07) is 7.23. The fourth-order valence-corrected chi connectivity index (χ4v) is 2.13. The number of para-hydroxylation sites is 1. The highest BCUT2D eigenvalue weighted by Crippen LogP contribution is 2.30. The van der Waals surface area contributed by atoms with Crippen LogP contribution < -0.4 is 4.74 Å². The molecule has 2 heterocycles. The molecular weight excluding hydrogens is 318 g/mol. The summed E-state index contributed by atoms with van der Waals surface area (Å²) in [6.07, 6.45) is 5.31. The summed E-state index contributed by atoms with van der Waals surface area (Å²) in [5.74, 6) is 0.956. The van der Waals surface area contributed by atoms with E-state index in [1.54, 1.807) is 18.3 Å². The van der Waals surface area contributed by atoms with E-state index in [4.69, 9.17) is 16.3 Å². The quantitative estimate of drug-likeness (QED) is 0.717. The van der Waals surface area contributed by atoms with Gasteiger partial charge in [0.15, 0.2) is 0 Å². The van der Waals surface area contributed by atoms with Gasteiger partial charge in [0, 0.05) is 18.6 Å². The van der Waals surface area contributed by atoms with Crippen LogP contribution in [0.25, 0.3) is 5.65 Å². The third-order valence-electron chi connectivity index (χ3n) is 2.36. The van der Waals surface area contributed by atoms with Crippen molar-refractivity contribution in [3.63, 3.8) is 0 Å². The molecule has 0 radical (unpaired) electrons. The van der Waals surface area contributed by atoms with Gasteiger partial charge in [-0.15, -0.1) is 0 Å². The van der Waals surface area contributed by atoms with Gasteiger partial charge in [-0.3, -0.25) is 4.40 Å². The lowest BCUT2D eigenvalue weighted by atomic mass is 10.3. The average molecular weight is 325 g/mol. The zero-order chi connectivity index (χ0) is 12.5. The number of fused-ring (bicyclic) bond motifs is 1. The smallest absolute Gasteiger partial charge is 0.265 e. The topological polar surface area (TPSA) is 39.4 Å². The number of nitrogens with zero attached hydrogens (tertiary/aromatic N) is 3. The molecule has 0 aliphatic rings. The molecule has 18 heavy (non-hydrogen) atoms. The lowest BCUT2D eigenvalue weighted by molar-refractivity contribution is 0.464. The summed E-state index contributed by atoms with van der Waals surface area (Å²) in [5, 5.41) is 0.531. The minimum Gasteiger partial charge on any atom is -0.434 e. The molecule has 6 heteroatoms. The second kappa shape index (κ2) is 4.59. The minimum atomic E-state index is 0.405. The molecule has 0 saturated carbocycles. The Morgan fingerprint density at radius 3 is 2.94 bits per heavy atom. The van der Waals surface area contributed by atoms with Crippen LogP contribution >= 0.6 is 27.5 Å². The largest absolute Gasteiger partial charge is 0.434 e. The van der Waals surface area contributed by atoms with Crippen LogP contribution in [-0.2, 0) is 0 Å². The van der Waals surface area contributed by atoms with Gasteiger partial charge in [-0.2, -0.15) is 0 Å². The van der Waals surface area contributed by atoms with E-state index in [0.29, 0.717) is 26.9 Å². The number of benzene rings is 1. The molecule has 90 valence electrons. The minimum absolute atomic E-state index is 0.405. The highest BCUT2D eigenvalue weighted by atomic mass is 79.9. The van der Waals surface area contributed by atoms with E-state index in [1.807, 2.05) is 28.9 Å². The Bertz CT molecular complexity index is 713. The van der Waals surface area contributed by atoms with E-state index in [-0.39, 0.29) is 0 Å². The summed E-state index contributed by atoms with van der Waals surface area (Å²) >= 11 is 9.37. The van der Waals surface area contributed by atoms with Crippen molar-refractivity contribution in [1.29, 1.82) is 0 Å². The zero-order valence-electron chi connectivity index (χ0n) is 9.05. The fraction of sp³-hybridized carbons (Fsp3) is 0. The molecule has 2 aromatic heterocycles. The average Bonchev–Trinajstić information content (AvgIpc) is 2.80. The number of imidazole rings is 1. The van der Waals surface area contributed by atoms with Crippen LogP contribution in [-0.4, -0.2) is 14.4 Å². The number of ether oxygens (including phenoxy) is 1. The van der Waals surface area contributed by atoms with Crippen LogP contribution in [0.3, 0.4) is 0 Å². The van der Waals surface area contributed by atoms with Crippen molar-refractivity contribution in [2.45, 2.75) is 0 Å². The normalized spacial score (nSPS) is 10.8. The summed E-state index contributed by atoms with van der Waals surface area (Å²) in [6.45, 7) is 0. The molecule has 0 spiro atoms. The first-order chi connectivity index (χ1) is 8.74. The Morgan fingerprint density at radius 1 is 1.28 bits per heavy atom. The summed E-state index contributed by atoms with van der Waals surface area (Å²) in [5.41, 5.74) is 0.637. The third kappa shape index (κ3) is 2.07. The third-order valence-corrected chi connectivity index (χ3v) is 3.05. The number of hydrogen-bond donors (Lipinski definition) is 0. The van der Waals surface area contributed by atoms with E-state index in [0.717, 1.165) is 0 Å². The maximum absolute atomic E-state index is 6.05. The monoisotopic (exact) mass is 323 g/mol. The van der Waals surface area contributed by atoms with E-state index in [2.05, 4.69) is 25.9 Å². The standard InChI is InChI=1S/C12H7BrClN3O/c13-10-7-17-6-5-15-11(17)12(16-10)18-9-4-2-1-3-8(9)14/h1-7H. The molecule has 3 aromatic rings. The zero-order valence-corrected chi connectivity index (χ0v) is 11.4. The van der Waals surface area contributed by atoms with Crippen molar-refractivity contribution < 1.29 is 4.74 Å². The van der Waals surface area contributed by atoms with Crippen molar-refractivity contribution in [2.24, 2.45) is 0 Å². The Labute approximate surface area is 116 Å².